The lowest BCUT2D eigenvalue weighted by Crippen LogP contribution is -2.11. The minimum Gasteiger partial charge on any atom is -0.348 e. The van der Waals surface area contributed by atoms with Crippen molar-refractivity contribution in [2.45, 2.75) is 51.5 Å². The van der Waals surface area contributed by atoms with Crippen molar-refractivity contribution >= 4 is 21.6 Å². The lowest BCUT2D eigenvalue weighted by Gasteiger charge is -2.05. The summed E-state index contributed by atoms with van der Waals surface area (Å²) >= 11 is 3.42. The monoisotopic (exact) mass is 344 g/mol. The maximum atomic E-state index is 11.3. The third kappa shape index (κ3) is 6.32. The first-order chi connectivity index (χ1) is 9.65. The summed E-state index contributed by atoms with van der Waals surface area (Å²) in [7, 11) is 0. The first-order valence-electron chi connectivity index (χ1n) is 7.05. The van der Waals surface area contributed by atoms with E-state index in [0.29, 0.717) is 0 Å². The summed E-state index contributed by atoms with van der Waals surface area (Å²) in [4.78, 5) is 21.3. The van der Waals surface area contributed by atoms with Crippen LogP contribution in [0.4, 0.5) is 5.69 Å². The number of unbranched alkanes of at least 4 members (excludes halogenated alkanes) is 6. The number of pyridine rings is 1. The van der Waals surface area contributed by atoms with Gasteiger partial charge >= 0.3 is 5.69 Å². The zero-order chi connectivity index (χ0) is 14.8. The third-order valence-corrected chi connectivity index (χ3v) is 3.77. The van der Waals surface area contributed by atoms with Gasteiger partial charge in [0.15, 0.2) is 0 Å². The van der Waals surface area contributed by atoms with Crippen molar-refractivity contribution in [1.82, 2.24) is 4.57 Å². The van der Waals surface area contributed by atoms with Crippen LogP contribution in [0.15, 0.2) is 23.3 Å². The Labute approximate surface area is 127 Å². The zero-order valence-electron chi connectivity index (χ0n) is 11.6. The van der Waals surface area contributed by atoms with E-state index in [2.05, 4.69) is 15.9 Å². The van der Waals surface area contributed by atoms with E-state index in [1.807, 2.05) is 0 Å². The number of nitrogens with zero attached hydrogens (tertiary/aromatic N) is 2. The molecule has 1 heterocycles. The number of aromatic nitrogens is 1. The highest BCUT2D eigenvalue weighted by Gasteiger charge is 2.11. The molecule has 0 aliphatic carbocycles. The quantitative estimate of drug-likeness (QED) is 0.280. The molecular formula is C14H21BrN2O3. The van der Waals surface area contributed by atoms with Gasteiger partial charge in [-0.3, -0.25) is 14.9 Å². The molecule has 0 N–H and O–H groups in total. The average Bonchev–Trinajstić information content (AvgIpc) is 2.43. The van der Waals surface area contributed by atoms with Crippen molar-refractivity contribution in [3.8, 4) is 0 Å². The normalized spacial score (nSPS) is 10.7. The Morgan fingerprint density at radius 2 is 1.70 bits per heavy atom. The number of hydrogen-bond donors (Lipinski definition) is 0. The van der Waals surface area contributed by atoms with Crippen molar-refractivity contribution in [3.05, 3.63) is 38.8 Å². The van der Waals surface area contributed by atoms with E-state index in [1.54, 1.807) is 10.8 Å². The molecule has 0 fully saturated rings. The summed E-state index contributed by atoms with van der Waals surface area (Å²) in [5.41, 5.74) is -0.875. The molecule has 0 aromatic carbocycles. The molecule has 0 amide bonds. The van der Waals surface area contributed by atoms with Gasteiger partial charge in [0.05, 0.1) is 11.1 Å². The second-order valence-corrected chi connectivity index (χ2v) is 5.65. The number of alkyl halides is 1. The molecule has 0 saturated carbocycles. The van der Waals surface area contributed by atoms with Gasteiger partial charge in [-0.15, -0.1) is 0 Å². The summed E-state index contributed by atoms with van der Waals surface area (Å²) in [6, 6.07) is 1.26. The van der Waals surface area contributed by atoms with Crippen molar-refractivity contribution in [2.75, 3.05) is 5.33 Å². The molecular weight excluding hydrogens is 324 g/mol. The van der Waals surface area contributed by atoms with Gasteiger partial charge in [0.1, 0.15) is 0 Å². The fourth-order valence-corrected chi connectivity index (χ4v) is 2.46. The van der Waals surface area contributed by atoms with Crippen LogP contribution in [-0.4, -0.2) is 14.8 Å². The standard InChI is InChI=1S/C14H21BrN2O3/c15-9-6-4-2-1-3-5-7-10-16-11-8-14(18)13(12-16)17(19)20/h8,11-12H,1-7,9-10H2. The highest BCUT2D eigenvalue weighted by molar-refractivity contribution is 9.09. The first-order valence-corrected chi connectivity index (χ1v) is 8.17. The molecule has 0 atom stereocenters. The minimum absolute atomic E-state index is 0.345. The van der Waals surface area contributed by atoms with Crippen molar-refractivity contribution in [1.29, 1.82) is 0 Å². The number of hydrogen-bond acceptors (Lipinski definition) is 3. The van der Waals surface area contributed by atoms with Gasteiger partial charge < -0.3 is 4.57 Å². The van der Waals surface area contributed by atoms with Crippen LogP contribution in [0.25, 0.3) is 0 Å². The fourth-order valence-electron chi connectivity index (χ4n) is 2.06. The molecule has 0 bridgehead atoms. The number of halogens is 1. The molecule has 0 unspecified atom stereocenters. The molecule has 112 valence electrons. The Morgan fingerprint density at radius 1 is 1.10 bits per heavy atom. The fraction of sp³-hybridized carbons (Fsp3) is 0.643. The average molecular weight is 345 g/mol. The molecule has 1 aromatic rings. The van der Waals surface area contributed by atoms with Gasteiger partial charge in [-0.05, 0) is 12.8 Å². The van der Waals surface area contributed by atoms with Gasteiger partial charge in [-0.2, -0.15) is 0 Å². The van der Waals surface area contributed by atoms with Crippen molar-refractivity contribution in [3.63, 3.8) is 0 Å². The Morgan fingerprint density at radius 3 is 2.30 bits per heavy atom. The number of rotatable bonds is 10. The topological polar surface area (TPSA) is 65.1 Å². The molecule has 6 heteroatoms. The smallest absolute Gasteiger partial charge is 0.332 e. The molecule has 0 aliphatic heterocycles. The van der Waals surface area contributed by atoms with Crippen LogP contribution in [0, 0.1) is 10.1 Å². The van der Waals surface area contributed by atoms with Crippen molar-refractivity contribution < 1.29 is 4.92 Å². The number of nitro groups is 1. The summed E-state index contributed by atoms with van der Waals surface area (Å²) in [5, 5.41) is 11.7. The first kappa shape index (κ1) is 16.9. The van der Waals surface area contributed by atoms with E-state index < -0.39 is 10.4 Å². The number of aryl methyl sites for hydroxylation is 1. The van der Waals surface area contributed by atoms with Gasteiger partial charge in [-0.25, -0.2) is 0 Å². The summed E-state index contributed by atoms with van der Waals surface area (Å²) < 4.78 is 1.73. The summed E-state index contributed by atoms with van der Waals surface area (Å²) in [5.74, 6) is 0. The van der Waals surface area contributed by atoms with E-state index in [1.165, 1.54) is 44.4 Å². The van der Waals surface area contributed by atoms with Crippen LogP contribution in [0.5, 0.6) is 0 Å². The predicted molar refractivity (Wildman–Crippen MR) is 83.5 cm³/mol. The molecule has 0 spiro atoms. The zero-order valence-corrected chi connectivity index (χ0v) is 13.2. The summed E-state index contributed by atoms with van der Waals surface area (Å²) in [6.45, 7) is 0.725. The largest absolute Gasteiger partial charge is 0.348 e. The lowest BCUT2D eigenvalue weighted by molar-refractivity contribution is -0.386. The van der Waals surface area contributed by atoms with E-state index in [-0.39, 0.29) is 5.69 Å². The van der Waals surface area contributed by atoms with E-state index >= 15 is 0 Å². The van der Waals surface area contributed by atoms with Crippen LogP contribution in [0.2, 0.25) is 0 Å². The second kappa shape index (κ2) is 9.69. The van der Waals surface area contributed by atoms with Crippen molar-refractivity contribution in [2.24, 2.45) is 0 Å². The molecule has 20 heavy (non-hydrogen) atoms. The third-order valence-electron chi connectivity index (χ3n) is 3.20. The van der Waals surface area contributed by atoms with E-state index in [4.69, 9.17) is 0 Å². The van der Waals surface area contributed by atoms with Gasteiger partial charge in [0.25, 0.3) is 5.43 Å². The maximum Gasteiger partial charge on any atom is 0.332 e. The van der Waals surface area contributed by atoms with Gasteiger partial charge in [0.2, 0.25) is 0 Å². The van der Waals surface area contributed by atoms with Crippen LogP contribution in [-0.2, 0) is 6.54 Å². The summed E-state index contributed by atoms with van der Waals surface area (Å²) in [6.07, 6.45) is 11.3. The maximum absolute atomic E-state index is 11.3. The molecule has 0 radical (unpaired) electrons. The highest BCUT2D eigenvalue weighted by atomic mass is 79.9. The highest BCUT2D eigenvalue weighted by Crippen LogP contribution is 2.09. The molecule has 1 rings (SSSR count). The van der Waals surface area contributed by atoms with Crippen LogP contribution < -0.4 is 5.43 Å². The second-order valence-electron chi connectivity index (χ2n) is 4.85. The molecule has 0 aliphatic rings. The van der Waals surface area contributed by atoms with Crippen LogP contribution in [0.3, 0.4) is 0 Å². The Hall–Kier alpha value is -1.17. The Bertz CT molecular complexity index is 474. The molecule has 5 nitrogen and oxygen atoms in total. The van der Waals surface area contributed by atoms with E-state index in [0.717, 1.165) is 24.7 Å². The molecule has 0 saturated heterocycles. The van der Waals surface area contributed by atoms with Gasteiger partial charge in [-0.1, -0.05) is 48.0 Å². The SMILES string of the molecule is O=c1ccn(CCCCCCCCCBr)cc1[N+](=O)[O-]. The minimum atomic E-state index is -0.622. The Kier molecular flexibility index (Phi) is 8.18. The van der Waals surface area contributed by atoms with Crippen LogP contribution >= 0.6 is 15.9 Å². The van der Waals surface area contributed by atoms with E-state index in [9.17, 15) is 14.9 Å². The van der Waals surface area contributed by atoms with Crippen LogP contribution in [0.1, 0.15) is 44.9 Å². The Balaban J connectivity index is 2.24. The predicted octanol–water partition coefficient (Wildman–Crippen LogP) is 3.88. The molecule has 1 aromatic heterocycles. The van der Waals surface area contributed by atoms with Gasteiger partial charge in [0, 0.05) is 24.1 Å². The lowest BCUT2D eigenvalue weighted by atomic mass is 10.1.